The first-order chi connectivity index (χ1) is 11.8. The monoisotopic (exact) mass is 359 g/mol. The lowest BCUT2D eigenvalue weighted by Crippen LogP contribution is -2.53. The molecule has 2 saturated heterocycles. The Kier molecular flexibility index (Phi) is 8.09. The van der Waals surface area contributed by atoms with Gasteiger partial charge in [0.2, 0.25) is 0 Å². The highest BCUT2D eigenvalue weighted by atomic mass is 19.3. The van der Waals surface area contributed by atoms with Crippen LogP contribution in [0.1, 0.15) is 52.9 Å². The van der Waals surface area contributed by atoms with Crippen molar-refractivity contribution in [2.24, 2.45) is 11.8 Å². The molecule has 1 unspecified atom stereocenters. The molecule has 148 valence electrons. The lowest BCUT2D eigenvalue weighted by molar-refractivity contribution is -0.119. The van der Waals surface area contributed by atoms with Gasteiger partial charge in [-0.2, -0.15) is 0 Å². The molecule has 0 saturated carbocycles. The van der Waals surface area contributed by atoms with Crippen LogP contribution in [0.25, 0.3) is 0 Å². The van der Waals surface area contributed by atoms with Crippen molar-refractivity contribution in [1.29, 1.82) is 0 Å². The smallest absolute Gasteiger partial charge is 0.264 e. The molecule has 2 heterocycles. The zero-order chi connectivity index (χ0) is 18.4. The standard InChI is InChI=1S/C20H39F2N3/c1-5-6-10-25-11-7-18(20(21,22)16-25)15-24-12-8-19(9-13-24)23(4)14-17(2)3/h17-19H,5-16H2,1-4H3. The number of hydrogen-bond acceptors (Lipinski definition) is 3. The van der Waals surface area contributed by atoms with Crippen LogP contribution in [-0.4, -0.2) is 79.5 Å². The Morgan fingerprint density at radius 1 is 1.08 bits per heavy atom. The summed E-state index contributed by atoms with van der Waals surface area (Å²) in [4.78, 5) is 6.72. The SMILES string of the molecule is CCCCN1CCC(CN2CCC(N(C)CC(C)C)CC2)C(F)(F)C1. The van der Waals surface area contributed by atoms with Crippen LogP contribution in [0.15, 0.2) is 0 Å². The molecule has 0 aliphatic carbocycles. The second-order valence-electron chi connectivity index (χ2n) is 8.74. The first-order valence-corrected chi connectivity index (χ1v) is 10.3. The Hall–Kier alpha value is -0.260. The lowest BCUT2D eigenvalue weighted by Gasteiger charge is -2.43. The number of nitrogens with zero attached hydrogens (tertiary/aromatic N) is 3. The summed E-state index contributed by atoms with van der Waals surface area (Å²) in [5.41, 5.74) is 0. The van der Waals surface area contributed by atoms with Gasteiger partial charge in [-0.05, 0) is 64.8 Å². The van der Waals surface area contributed by atoms with Gasteiger partial charge in [0.1, 0.15) is 0 Å². The maximum absolute atomic E-state index is 14.6. The average molecular weight is 360 g/mol. The molecule has 0 spiro atoms. The van der Waals surface area contributed by atoms with Crippen molar-refractivity contribution in [2.45, 2.75) is 64.8 Å². The normalized spacial score (nSPS) is 26.6. The Labute approximate surface area is 153 Å². The third kappa shape index (κ3) is 6.44. The Morgan fingerprint density at radius 2 is 1.72 bits per heavy atom. The number of halogens is 2. The van der Waals surface area contributed by atoms with Crippen molar-refractivity contribution in [3.63, 3.8) is 0 Å². The van der Waals surface area contributed by atoms with Crippen molar-refractivity contribution >= 4 is 0 Å². The summed E-state index contributed by atoms with van der Waals surface area (Å²) in [5, 5.41) is 0. The van der Waals surface area contributed by atoms with Crippen LogP contribution in [0.3, 0.4) is 0 Å². The minimum atomic E-state index is -2.53. The first-order valence-electron chi connectivity index (χ1n) is 10.3. The molecule has 25 heavy (non-hydrogen) atoms. The van der Waals surface area contributed by atoms with Gasteiger partial charge in [-0.25, -0.2) is 8.78 Å². The molecular formula is C20H39F2N3. The van der Waals surface area contributed by atoms with E-state index in [4.69, 9.17) is 0 Å². The third-order valence-electron chi connectivity index (χ3n) is 5.97. The average Bonchev–Trinajstić information content (AvgIpc) is 2.54. The Bertz CT molecular complexity index is 381. The highest BCUT2D eigenvalue weighted by Gasteiger charge is 2.45. The van der Waals surface area contributed by atoms with Gasteiger partial charge in [0.15, 0.2) is 0 Å². The predicted molar refractivity (Wildman–Crippen MR) is 101 cm³/mol. The maximum atomic E-state index is 14.6. The summed E-state index contributed by atoms with van der Waals surface area (Å²) in [7, 11) is 2.21. The maximum Gasteiger partial charge on any atom is 0.264 e. The fraction of sp³-hybridized carbons (Fsp3) is 1.00. The van der Waals surface area contributed by atoms with E-state index in [1.807, 2.05) is 4.90 Å². The summed E-state index contributed by atoms with van der Waals surface area (Å²) in [5.74, 6) is -2.31. The number of hydrogen-bond donors (Lipinski definition) is 0. The number of unbranched alkanes of at least 4 members (excludes halogenated alkanes) is 1. The van der Waals surface area contributed by atoms with Crippen LogP contribution in [-0.2, 0) is 0 Å². The molecule has 1 atom stereocenters. The predicted octanol–water partition coefficient (Wildman–Crippen LogP) is 3.80. The minimum Gasteiger partial charge on any atom is -0.303 e. The van der Waals surface area contributed by atoms with E-state index in [9.17, 15) is 8.78 Å². The van der Waals surface area contributed by atoms with Crippen molar-refractivity contribution in [2.75, 3.05) is 52.9 Å². The molecule has 0 aromatic carbocycles. The summed E-state index contributed by atoms with van der Waals surface area (Å²) in [6, 6.07) is 0.620. The highest BCUT2D eigenvalue weighted by molar-refractivity contribution is 4.90. The van der Waals surface area contributed by atoms with E-state index in [1.54, 1.807) is 0 Å². The van der Waals surface area contributed by atoms with Gasteiger partial charge in [0, 0.05) is 25.0 Å². The van der Waals surface area contributed by atoms with E-state index in [1.165, 1.54) is 0 Å². The van der Waals surface area contributed by atoms with Gasteiger partial charge in [0.05, 0.1) is 6.54 Å². The molecule has 0 amide bonds. The fourth-order valence-corrected chi connectivity index (χ4v) is 4.43. The molecule has 0 N–H and O–H groups in total. The highest BCUT2D eigenvalue weighted by Crippen LogP contribution is 2.34. The molecule has 0 aromatic heterocycles. The van der Waals surface area contributed by atoms with Gasteiger partial charge in [-0.3, -0.25) is 4.90 Å². The molecule has 3 nitrogen and oxygen atoms in total. The molecule has 2 aliphatic heterocycles. The van der Waals surface area contributed by atoms with Crippen LogP contribution < -0.4 is 0 Å². The summed E-state index contributed by atoms with van der Waals surface area (Å²) >= 11 is 0. The number of rotatable bonds is 8. The molecule has 2 aliphatic rings. The van der Waals surface area contributed by atoms with Crippen LogP contribution in [0.4, 0.5) is 8.78 Å². The fourth-order valence-electron chi connectivity index (χ4n) is 4.43. The lowest BCUT2D eigenvalue weighted by atomic mass is 9.91. The van der Waals surface area contributed by atoms with Crippen molar-refractivity contribution in [3.05, 3.63) is 0 Å². The van der Waals surface area contributed by atoms with Gasteiger partial charge in [0.25, 0.3) is 5.92 Å². The topological polar surface area (TPSA) is 9.72 Å². The van der Waals surface area contributed by atoms with E-state index in [-0.39, 0.29) is 6.54 Å². The van der Waals surface area contributed by atoms with Crippen LogP contribution in [0, 0.1) is 11.8 Å². The second-order valence-corrected chi connectivity index (χ2v) is 8.74. The quantitative estimate of drug-likeness (QED) is 0.653. The first kappa shape index (κ1) is 21.0. The number of alkyl halides is 2. The molecule has 0 aromatic rings. The second kappa shape index (κ2) is 9.61. The molecule has 0 radical (unpaired) electrons. The zero-order valence-corrected chi connectivity index (χ0v) is 16.8. The van der Waals surface area contributed by atoms with Crippen molar-refractivity contribution < 1.29 is 8.78 Å². The van der Waals surface area contributed by atoms with Crippen molar-refractivity contribution in [1.82, 2.24) is 14.7 Å². The summed E-state index contributed by atoms with van der Waals surface area (Å²) < 4.78 is 29.1. The van der Waals surface area contributed by atoms with E-state index in [2.05, 4.69) is 37.6 Å². The van der Waals surface area contributed by atoms with E-state index in [0.717, 1.165) is 58.4 Å². The number of piperidine rings is 2. The number of likely N-dealkylation sites (tertiary alicyclic amines) is 2. The van der Waals surface area contributed by atoms with Gasteiger partial charge in [-0.15, -0.1) is 0 Å². The Morgan fingerprint density at radius 3 is 2.28 bits per heavy atom. The zero-order valence-electron chi connectivity index (χ0n) is 16.8. The molecular weight excluding hydrogens is 320 g/mol. The molecule has 0 bridgehead atoms. The van der Waals surface area contributed by atoms with E-state index >= 15 is 0 Å². The van der Waals surface area contributed by atoms with Crippen LogP contribution in [0.2, 0.25) is 0 Å². The molecule has 2 fully saturated rings. The van der Waals surface area contributed by atoms with Gasteiger partial charge >= 0.3 is 0 Å². The minimum absolute atomic E-state index is 0.0365. The molecule has 2 rings (SSSR count). The molecule has 5 heteroatoms. The summed E-state index contributed by atoms with van der Waals surface area (Å²) in [6.45, 7) is 11.9. The van der Waals surface area contributed by atoms with Crippen molar-refractivity contribution in [3.8, 4) is 0 Å². The van der Waals surface area contributed by atoms with Crippen LogP contribution >= 0.6 is 0 Å². The third-order valence-corrected chi connectivity index (χ3v) is 5.97. The van der Waals surface area contributed by atoms with Crippen LogP contribution in [0.5, 0.6) is 0 Å². The largest absolute Gasteiger partial charge is 0.303 e. The van der Waals surface area contributed by atoms with E-state index < -0.39 is 11.8 Å². The Balaban J connectivity index is 1.76. The van der Waals surface area contributed by atoms with Gasteiger partial charge < -0.3 is 9.80 Å². The van der Waals surface area contributed by atoms with Gasteiger partial charge in [-0.1, -0.05) is 27.2 Å². The summed E-state index contributed by atoms with van der Waals surface area (Å²) in [6.07, 6.45) is 4.97. The van der Waals surface area contributed by atoms with E-state index in [0.29, 0.717) is 24.9 Å².